The summed E-state index contributed by atoms with van der Waals surface area (Å²) in [5, 5.41) is 3.20. The number of ether oxygens (including phenoxy) is 1. The standard InChI is InChI=1S/C22H21BrF2N2O4S/c1-13-3-5-16(6-4-13)32(29,30)27-15(12-26-20(28)22(2)7-8-22)9-14-10-19(31-21(24)25)17(23)11-18(14)27/h3-6,9-11,21H,7-8,12H2,1-2H3,(H,26,28). The SMILES string of the molecule is Cc1ccc(S(=O)(=O)n2c(CNC(=O)C3(C)CC3)cc3cc(OC(F)F)c(Br)cc32)cc1. The third-order valence-electron chi connectivity index (χ3n) is 5.64. The van der Waals surface area contributed by atoms with Gasteiger partial charge >= 0.3 is 6.61 Å². The van der Waals surface area contributed by atoms with Crippen LogP contribution in [0.2, 0.25) is 0 Å². The quantitative estimate of drug-likeness (QED) is 0.471. The highest BCUT2D eigenvalue weighted by atomic mass is 79.9. The number of hydrogen-bond donors (Lipinski definition) is 1. The molecular formula is C22H21BrF2N2O4S. The summed E-state index contributed by atoms with van der Waals surface area (Å²) >= 11 is 3.18. The van der Waals surface area contributed by atoms with E-state index in [-0.39, 0.29) is 33.1 Å². The highest BCUT2D eigenvalue weighted by molar-refractivity contribution is 9.10. The van der Waals surface area contributed by atoms with Gasteiger partial charge < -0.3 is 10.1 Å². The number of hydrogen-bond acceptors (Lipinski definition) is 4. The summed E-state index contributed by atoms with van der Waals surface area (Å²) in [6, 6.07) is 10.7. The van der Waals surface area contributed by atoms with Crippen LogP contribution in [-0.4, -0.2) is 24.9 Å². The lowest BCUT2D eigenvalue weighted by molar-refractivity contribution is -0.125. The first-order valence-electron chi connectivity index (χ1n) is 9.90. The van der Waals surface area contributed by atoms with Crippen LogP contribution in [0, 0.1) is 12.3 Å². The summed E-state index contributed by atoms with van der Waals surface area (Å²) in [5.74, 6) is -0.261. The van der Waals surface area contributed by atoms with E-state index in [9.17, 15) is 22.0 Å². The van der Waals surface area contributed by atoms with E-state index in [4.69, 9.17) is 0 Å². The van der Waals surface area contributed by atoms with E-state index in [0.717, 1.165) is 22.4 Å². The molecule has 1 aromatic heterocycles. The van der Waals surface area contributed by atoms with E-state index in [1.165, 1.54) is 24.3 Å². The van der Waals surface area contributed by atoms with Crippen molar-refractivity contribution in [1.82, 2.24) is 9.29 Å². The first-order valence-corrected chi connectivity index (χ1v) is 12.1. The third-order valence-corrected chi connectivity index (χ3v) is 8.04. The van der Waals surface area contributed by atoms with Crippen molar-refractivity contribution in [2.45, 2.75) is 44.7 Å². The summed E-state index contributed by atoms with van der Waals surface area (Å²) < 4.78 is 58.5. The van der Waals surface area contributed by atoms with E-state index < -0.39 is 22.0 Å². The number of amides is 1. The number of benzene rings is 2. The minimum absolute atomic E-state index is 0.0309. The van der Waals surface area contributed by atoms with Gasteiger partial charge in [0.25, 0.3) is 10.0 Å². The maximum absolute atomic E-state index is 13.6. The molecule has 10 heteroatoms. The smallest absolute Gasteiger partial charge is 0.387 e. The van der Waals surface area contributed by atoms with E-state index in [1.807, 2.05) is 13.8 Å². The Bertz CT molecular complexity index is 1300. The van der Waals surface area contributed by atoms with Crippen LogP contribution in [0.1, 0.15) is 31.0 Å². The largest absolute Gasteiger partial charge is 0.434 e. The van der Waals surface area contributed by atoms with Crippen LogP contribution in [0.4, 0.5) is 8.78 Å². The maximum atomic E-state index is 13.6. The molecule has 0 atom stereocenters. The average Bonchev–Trinajstić information content (AvgIpc) is 3.37. The predicted octanol–water partition coefficient (Wildman–Crippen LogP) is 4.97. The van der Waals surface area contributed by atoms with Gasteiger partial charge in [-0.05, 0) is 66.0 Å². The molecule has 0 unspecified atom stereocenters. The van der Waals surface area contributed by atoms with Crippen LogP contribution in [0.5, 0.6) is 5.75 Å². The summed E-state index contributed by atoms with van der Waals surface area (Å²) in [4.78, 5) is 12.5. The predicted molar refractivity (Wildman–Crippen MR) is 119 cm³/mol. The lowest BCUT2D eigenvalue weighted by Gasteiger charge is -2.15. The van der Waals surface area contributed by atoms with Gasteiger partial charge in [0.05, 0.1) is 27.1 Å². The van der Waals surface area contributed by atoms with Crippen molar-refractivity contribution in [3.8, 4) is 5.75 Å². The Morgan fingerprint density at radius 1 is 1.22 bits per heavy atom. The van der Waals surface area contributed by atoms with Gasteiger partial charge in [-0.25, -0.2) is 12.4 Å². The molecule has 1 saturated carbocycles. The normalized spacial score (nSPS) is 15.2. The Hall–Kier alpha value is -2.46. The lowest BCUT2D eigenvalue weighted by Crippen LogP contribution is -2.31. The molecule has 1 amide bonds. The second-order valence-corrected chi connectivity index (χ2v) is 10.8. The van der Waals surface area contributed by atoms with Gasteiger partial charge in [0.15, 0.2) is 0 Å². The molecule has 0 radical (unpaired) electrons. The topological polar surface area (TPSA) is 77.4 Å². The summed E-state index contributed by atoms with van der Waals surface area (Å²) in [5.41, 5.74) is 1.07. The molecule has 1 N–H and O–H groups in total. The van der Waals surface area contributed by atoms with E-state index in [0.29, 0.717) is 11.1 Å². The zero-order valence-corrected chi connectivity index (χ0v) is 19.8. The monoisotopic (exact) mass is 526 g/mol. The van der Waals surface area contributed by atoms with Crippen LogP contribution in [0.15, 0.2) is 51.8 Å². The molecule has 4 rings (SSSR count). The fourth-order valence-corrected chi connectivity index (χ4v) is 5.41. The second kappa shape index (κ2) is 8.15. The number of rotatable bonds is 7. The molecular weight excluding hydrogens is 506 g/mol. The van der Waals surface area contributed by atoms with Crippen LogP contribution in [0.3, 0.4) is 0 Å². The molecule has 3 aromatic rings. The van der Waals surface area contributed by atoms with Crippen LogP contribution in [-0.2, 0) is 21.4 Å². The molecule has 2 aromatic carbocycles. The fraction of sp³-hybridized carbons (Fsp3) is 0.318. The van der Waals surface area contributed by atoms with Crippen LogP contribution < -0.4 is 10.1 Å². The number of fused-ring (bicyclic) bond motifs is 1. The number of alkyl halides is 2. The zero-order valence-electron chi connectivity index (χ0n) is 17.4. The minimum Gasteiger partial charge on any atom is -0.434 e. The number of aryl methyl sites for hydroxylation is 1. The Morgan fingerprint density at radius 3 is 2.47 bits per heavy atom. The van der Waals surface area contributed by atoms with Gasteiger partial charge in [-0.1, -0.05) is 24.6 Å². The van der Waals surface area contributed by atoms with Crippen molar-refractivity contribution in [1.29, 1.82) is 0 Å². The Morgan fingerprint density at radius 2 is 1.88 bits per heavy atom. The Kier molecular flexibility index (Phi) is 5.79. The number of halogens is 3. The lowest BCUT2D eigenvalue weighted by atomic mass is 10.1. The molecule has 1 aliphatic rings. The van der Waals surface area contributed by atoms with Crippen molar-refractivity contribution < 1.29 is 26.7 Å². The number of nitrogens with one attached hydrogen (secondary N) is 1. The van der Waals surface area contributed by atoms with Gasteiger partial charge in [-0.3, -0.25) is 4.79 Å². The Labute approximate surface area is 192 Å². The van der Waals surface area contributed by atoms with Gasteiger partial charge in [0, 0.05) is 10.8 Å². The summed E-state index contributed by atoms with van der Waals surface area (Å²) in [6.45, 7) is 0.644. The van der Waals surface area contributed by atoms with Crippen molar-refractivity contribution in [3.63, 3.8) is 0 Å². The average molecular weight is 527 g/mol. The number of aromatic nitrogens is 1. The number of nitrogens with zero attached hydrogens (tertiary/aromatic N) is 1. The first kappa shape index (κ1) is 22.7. The van der Waals surface area contributed by atoms with Crippen molar-refractivity contribution in [2.24, 2.45) is 5.41 Å². The minimum atomic E-state index is -4.03. The van der Waals surface area contributed by atoms with E-state index >= 15 is 0 Å². The first-order chi connectivity index (χ1) is 15.0. The molecule has 0 saturated heterocycles. The molecule has 170 valence electrons. The third kappa shape index (κ3) is 4.25. The van der Waals surface area contributed by atoms with Crippen LogP contribution >= 0.6 is 15.9 Å². The molecule has 1 heterocycles. The van der Waals surface area contributed by atoms with Gasteiger partial charge in [0.1, 0.15) is 5.75 Å². The summed E-state index contributed by atoms with van der Waals surface area (Å²) in [6.07, 6.45) is 1.56. The highest BCUT2D eigenvalue weighted by Gasteiger charge is 2.44. The molecule has 1 aliphatic carbocycles. The van der Waals surface area contributed by atoms with Gasteiger partial charge in [-0.2, -0.15) is 8.78 Å². The van der Waals surface area contributed by atoms with Gasteiger partial charge in [0.2, 0.25) is 5.91 Å². The number of carbonyl (C=O) groups excluding carboxylic acids is 1. The van der Waals surface area contributed by atoms with Crippen LogP contribution in [0.25, 0.3) is 10.9 Å². The Balaban J connectivity index is 1.84. The van der Waals surface area contributed by atoms with Crippen molar-refractivity contribution in [2.75, 3.05) is 0 Å². The maximum Gasteiger partial charge on any atom is 0.387 e. The molecule has 6 nitrogen and oxygen atoms in total. The molecule has 0 spiro atoms. The second-order valence-electron chi connectivity index (χ2n) is 8.18. The molecule has 1 fully saturated rings. The van der Waals surface area contributed by atoms with Gasteiger partial charge in [-0.15, -0.1) is 0 Å². The summed E-state index contributed by atoms with van der Waals surface area (Å²) in [7, 11) is -4.03. The zero-order chi connectivity index (χ0) is 23.3. The van der Waals surface area contributed by atoms with Crippen molar-refractivity contribution >= 4 is 42.8 Å². The molecule has 0 aliphatic heterocycles. The fourth-order valence-electron chi connectivity index (χ4n) is 3.45. The van der Waals surface area contributed by atoms with Crippen molar-refractivity contribution in [3.05, 3.63) is 58.2 Å². The molecule has 32 heavy (non-hydrogen) atoms. The molecule has 0 bridgehead atoms. The van der Waals surface area contributed by atoms with E-state index in [1.54, 1.807) is 18.2 Å². The van der Waals surface area contributed by atoms with E-state index in [2.05, 4.69) is 26.0 Å². The highest BCUT2D eigenvalue weighted by Crippen LogP contribution is 2.45. The number of carbonyl (C=O) groups is 1.